The molecule has 1 heterocycles. The molecule has 2 rings (SSSR count). The number of fused-ring (bicyclic) bond motifs is 1. The van der Waals surface area contributed by atoms with Gasteiger partial charge in [-0.3, -0.25) is 9.89 Å². The maximum absolute atomic E-state index is 11.9. The van der Waals surface area contributed by atoms with Gasteiger partial charge in [-0.15, -0.1) is 0 Å². The first-order chi connectivity index (χ1) is 9.08. The Morgan fingerprint density at radius 1 is 1.42 bits per heavy atom. The smallest absolute Gasteiger partial charge is 0.404 e. The predicted molar refractivity (Wildman–Crippen MR) is 68.4 cm³/mol. The van der Waals surface area contributed by atoms with Gasteiger partial charge in [0, 0.05) is 11.1 Å². The molecule has 0 aliphatic rings. The second-order valence-electron chi connectivity index (χ2n) is 3.80. The molecule has 0 saturated heterocycles. The number of hydrogen-bond acceptors (Lipinski definition) is 5. The summed E-state index contributed by atoms with van der Waals surface area (Å²) in [6, 6.07) is 5.11. The van der Waals surface area contributed by atoms with Crippen molar-refractivity contribution in [2.45, 2.75) is 0 Å². The number of nitrogens with one attached hydrogen (secondary N) is 2. The first-order valence-electron chi connectivity index (χ1n) is 5.52. The Hall–Kier alpha value is -2.77. The fourth-order valence-corrected chi connectivity index (χ4v) is 1.60. The number of carbonyl (C=O) groups excluding carboxylic acids is 2. The van der Waals surface area contributed by atoms with Crippen LogP contribution in [-0.4, -0.2) is 35.3 Å². The van der Waals surface area contributed by atoms with E-state index in [0.717, 1.165) is 0 Å². The van der Waals surface area contributed by atoms with Crippen LogP contribution < -0.4 is 16.8 Å². The van der Waals surface area contributed by atoms with Crippen LogP contribution in [0.25, 0.3) is 10.9 Å². The van der Waals surface area contributed by atoms with Crippen molar-refractivity contribution >= 4 is 28.6 Å². The van der Waals surface area contributed by atoms with Crippen molar-refractivity contribution in [3.63, 3.8) is 0 Å². The van der Waals surface area contributed by atoms with Gasteiger partial charge in [-0.25, -0.2) is 4.79 Å². The monoisotopic (exact) mass is 263 g/mol. The molecular formula is C11H13N5O3. The van der Waals surface area contributed by atoms with Crippen molar-refractivity contribution in [1.82, 2.24) is 15.5 Å². The Bertz CT molecular complexity index is 622. The van der Waals surface area contributed by atoms with E-state index in [2.05, 4.69) is 20.3 Å². The van der Waals surface area contributed by atoms with Crippen molar-refractivity contribution in [2.24, 2.45) is 5.73 Å². The Morgan fingerprint density at radius 3 is 2.95 bits per heavy atom. The first kappa shape index (κ1) is 12.7. The zero-order valence-corrected chi connectivity index (χ0v) is 9.97. The summed E-state index contributed by atoms with van der Waals surface area (Å²) in [5.74, 6) is -0.384. The zero-order valence-electron chi connectivity index (χ0n) is 9.97. The minimum absolute atomic E-state index is 0.00552. The summed E-state index contributed by atoms with van der Waals surface area (Å²) in [5.41, 5.74) is 11.9. The van der Waals surface area contributed by atoms with E-state index in [0.29, 0.717) is 16.6 Å². The standard InChI is InChI=1S/C11H13N5O3/c12-6-1-2-8-7(5-6)9(16-15-8)10(17)14-3-4-19-11(13)18/h1-2,5H,3-4,12H2,(H2,13,18)(H,14,17)(H,15,16). The molecule has 0 radical (unpaired) electrons. The Labute approximate surface area is 108 Å². The van der Waals surface area contributed by atoms with Crippen LogP contribution in [0.2, 0.25) is 0 Å². The number of nitrogen functional groups attached to an aromatic ring is 1. The summed E-state index contributed by atoms with van der Waals surface area (Å²) in [5, 5.41) is 9.85. The average Bonchev–Trinajstić information content (AvgIpc) is 2.77. The summed E-state index contributed by atoms with van der Waals surface area (Å²) in [6.45, 7) is 0.157. The average molecular weight is 263 g/mol. The van der Waals surface area contributed by atoms with E-state index >= 15 is 0 Å². The molecule has 0 aliphatic heterocycles. The lowest BCUT2D eigenvalue weighted by atomic mass is 10.2. The van der Waals surface area contributed by atoms with Crippen LogP contribution in [0.1, 0.15) is 10.5 Å². The van der Waals surface area contributed by atoms with Crippen LogP contribution in [0.3, 0.4) is 0 Å². The SMILES string of the molecule is NC(=O)OCCNC(=O)c1n[nH]c2ccc(N)cc12. The topological polar surface area (TPSA) is 136 Å². The molecule has 2 aromatic rings. The highest BCUT2D eigenvalue weighted by Crippen LogP contribution is 2.18. The number of aromatic nitrogens is 2. The van der Waals surface area contributed by atoms with Crippen molar-refractivity contribution in [3.8, 4) is 0 Å². The molecule has 100 valence electrons. The molecule has 8 nitrogen and oxygen atoms in total. The van der Waals surface area contributed by atoms with Crippen LogP contribution in [0.4, 0.5) is 10.5 Å². The number of nitrogens with zero attached hydrogens (tertiary/aromatic N) is 1. The van der Waals surface area contributed by atoms with E-state index < -0.39 is 6.09 Å². The number of carbonyl (C=O) groups is 2. The van der Waals surface area contributed by atoms with Gasteiger partial charge in [-0.1, -0.05) is 0 Å². The fourth-order valence-electron chi connectivity index (χ4n) is 1.60. The molecule has 0 saturated carbocycles. The second kappa shape index (κ2) is 5.25. The van der Waals surface area contributed by atoms with Crippen LogP contribution >= 0.6 is 0 Å². The van der Waals surface area contributed by atoms with Gasteiger partial charge in [0.1, 0.15) is 6.61 Å². The number of anilines is 1. The summed E-state index contributed by atoms with van der Waals surface area (Å²) < 4.78 is 4.49. The van der Waals surface area contributed by atoms with E-state index in [-0.39, 0.29) is 24.8 Å². The number of ether oxygens (including phenoxy) is 1. The van der Waals surface area contributed by atoms with Crippen LogP contribution in [0.15, 0.2) is 18.2 Å². The van der Waals surface area contributed by atoms with Crippen LogP contribution in [0.5, 0.6) is 0 Å². The molecule has 0 unspecified atom stereocenters. The summed E-state index contributed by atoms with van der Waals surface area (Å²) in [7, 11) is 0. The number of H-pyrrole nitrogens is 1. The Morgan fingerprint density at radius 2 is 2.21 bits per heavy atom. The molecule has 1 aromatic heterocycles. The minimum atomic E-state index is -0.882. The summed E-state index contributed by atoms with van der Waals surface area (Å²) >= 11 is 0. The maximum Gasteiger partial charge on any atom is 0.404 e. The van der Waals surface area contributed by atoms with E-state index in [9.17, 15) is 9.59 Å². The van der Waals surface area contributed by atoms with E-state index in [1.807, 2.05) is 0 Å². The third-order valence-corrected chi connectivity index (χ3v) is 2.43. The normalized spacial score (nSPS) is 10.3. The molecule has 0 atom stereocenters. The Kier molecular flexibility index (Phi) is 3.51. The van der Waals surface area contributed by atoms with Crippen molar-refractivity contribution in [3.05, 3.63) is 23.9 Å². The first-order valence-corrected chi connectivity index (χ1v) is 5.52. The molecular weight excluding hydrogens is 250 g/mol. The van der Waals surface area contributed by atoms with Gasteiger partial charge in [0.15, 0.2) is 5.69 Å². The number of rotatable bonds is 4. The molecule has 19 heavy (non-hydrogen) atoms. The Balaban J connectivity index is 2.05. The van der Waals surface area contributed by atoms with Gasteiger partial charge in [-0.2, -0.15) is 5.10 Å². The quantitative estimate of drug-likeness (QED) is 0.453. The van der Waals surface area contributed by atoms with E-state index in [1.54, 1.807) is 18.2 Å². The lowest BCUT2D eigenvalue weighted by Crippen LogP contribution is -2.29. The van der Waals surface area contributed by atoms with E-state index in [1.165, 1.54) is 0 Å². The highest BCUT2D eigenvalue weighted by atomic mass is 16.5. The highest BCUT2D eigenvalue weighted by molar-refractivity contribution is 6.05. The number of amides is 2. The lowest BCUT2D eigenvalue weighted by molar-refractivity contribution is 0.0933. The molecule has 6 N–H and O–H groups in total. The van der Waals surface area contributed by atoms with Gasteiger partial charge >= 0.3 is 6.09 Å². The third-order valence-electron chi connectivity index (χ3n) is 2.43. The van der Waals surface area contributed by atoms with Crippen LogP contribution in [-0.2, 0) is 4.74 Å². The number of nitrogens with two attached hydrogens (primary N) is 2. The largest absolute Gasteiger partial charge is 0.448 e. The minimum Gasteiger partial charge on any atom is -0.448 e. The molecule has 0 bridgehead atoms. The fraction of sp³-hybridized carbons (Fsp3) is 0.182. The highest BCUT2D eigenvalue weighted by Gasteiger charge is 2.13. The van der Waals surface area contributed by atoms with Crippen molar-refractivity contribution < 1.29 is 14.3 Å². The van der Waals surface area contributed by atoms with Crippen molar-refractivity contribution in [2.75, 3.05) is 18.9 Å². The summed E-state index contributed by atoms with van der Waals surface area (Å²) in [4.78, 5) is 22.2. The molecule has 8 heteroatoms. The maximum atomic E-state index is 11.9. The van der Waals surface area contributed by atoms with Gasteiger partial charge in [-0.05, 0) is 18.2 Å². The third kappa shape index (κ3) is 2.92. The molecule has 1 aromatic carbocycles. The number of aromatic amines is 1. The van der Waals surface area contributed by atoms with Gasteiger partial charge in [0.25, 0.3) is 5.91 Å². The lowest BCUT2D eigenvalue weighted by Gasteiger charge is -2.03. The predicted octanol–water partition coefficient (Wildman–Crippen LogP) is -0.0298. The molecule has 0 aliphatic carbocycles. The van der Waals surface area contributed by atoms with Gasteiger partial charge in [0.2, 0.25) is 0 Å². The number of benzene rings is 1. The molecule has 0 fully saturated rings. The van der Waals surface area contributed by atoms with Crippen molar-refractivity contribution in [1.29, 1.82) is 0 Å². The summed E-state index contributed by atoms with van der Waals surface area (Å²) in [6.07, 6.45) is -0.882. The molecule has 0 spiro atoms. The zero-order chi connectivity index (χ0) is 13.8. The second-order valence-corrected chi connectivity index (χ2v) is 3.80. The molecule has 2 amide bonds. The number of primary amides is 1. The van der Waals surface area contributed by atoms with Gasteiger partial charge in [0.05, 0.1) is 12.1 Å². The van der Waals surface area contributed by atoms with Crippen LogP contribution in [0, 0.1) is 0 Å². The number of hydrogen-bond donors (Lipinski definition) is 4. The van der Waals surface area contributed by atoms with E-state index in [4.69, 9.17) is 11.5 Å². The van der Waals surface area contributed by atoms with Gasteiger partial charge < -0.3 is 21.5 Å².